The van der Waals surface area contributed by atoms with Crippen molar-refractivity contribution in [1.29, 1.82) is 0 Å². The number of hydrogen-bond donors (Lipinski definition) is 1. The third-order valence-corrected chi connectivity index (χ3v) is 7.08. The van der Waals surface area contributed by atoms with Crippen LogP contribution in [0.3, 0.4) is 0 Å². The topological polar surface area (TPSA) is 66.9 Å². The molecule has 0 bridgehead atoms. The van der Waals surface area contributed by atoms with Crippen molar-refractivity contribution >= 4 is 57.1 Å². The number of nitrogens with zero attached hydrogens (tertiary/aromatic N) is 3. The molecule has 0 unspecified atom stereocenters. The summed E-state index contributed by atoms with van der Waals surface area (Å²) in [6, 6.07) is 9.75. The van der Waals surface area contributed by atoms with Crippen molar-refractivity contribution in [3.05, 3.63) is 52.1 Å². The quantitative estimate of drug-likeness (QED) is 0.386. The highest BCUT2D eigenvalue weighted by Gasteiger charge is 2.24. The number of halogens is 2. The molecular weight excluding hydrogens is 487 g/mol. The predicted octanol–water partition coefficient (Wildman–Crippen LogP) is 6.00. The van der Waals surface area contributed by atoms with E-state index >= 15 is 0 Å². The molecule has 0 atom stereocenters. The highest BCUT2D eigenvalue weighted by molar-refractivity contribution is 6.43. The number of benzene rings is 2. The summed E-state index contributed by atoms with van der Waals surface area (Å²) in [7, 11) is 1.66. The number of aromatic nitrogens is 1. The zero-order valence-corrected chi connectivity index (χ0v) is 21.9. The molecule has 1 saturated heterocycles. The summed E-state index contributed by atoms with van der Waals surface area (Å²) in [4.78, 5) is 22.2. The van der Waals surface area contributed by atoms with Crippen LogP contribution >= 0.6 is 23.2 Å². The Morgan fingerprint density at radius 3 is 2.57 bits per heavy atom. The van der Waals surface area contributed by atoms with Gasteiger partial charge in [-0.05, 0) is 39.0 Å². The molecule has 1 fully saturated rings. The Morgan fingerprint density at radius 1 is 1.17 bits per heavy atom. The standard InChI is InChI=1S/C26H30Cl2N4O3/c1-5-35-26(33)18-15-29-21-14-23(34-4)22(32-11-9-31(10-12-32)16(2)3)13-17(21)25(18)30-20-8-6-7-19(27)24(20)28/h6-8,13-16H,5,9-12H2,1-4H3,(H,29,30). The van der Waals surface area contributed by atoms with Crippen LogP contribution in [-0.2, 0) is 4.74 Å². The maximum absolute atomic E-state index is 12.9. The molecule has 186 valence electrons. The number of pyridine rings is 1. The van der Waals surface area contributed by atoms with Crippen LogP contribution in [0.5, 0.6) is 5.75 Å². The number of piperazine rings is 1. The minimum absolute atomic E-state index is 0.252. The third kappa shape index (κ3) is 5.27. The van der Waals surface area contributed by atoms with Gasteiger partial charge in [-0.15, -0.1) is 0 Å². The summed E-state index contributed by atoms with van der Waals surface area (Å²) >= 11 is 12.7. The molecule has 1 aromatic heterocycles. The second kappa shape index (κ2) is 10.9. The van der Waals surface area contributed by atoms with E-state index in [9.17, 15) is 4.79 Å². The average molecular weight is 517 g/mol. The van der Waals surface area contributed by atoms with E-state index in [1.165, 1.54) is 6.20 Å². The van der Waals surface area contributed by atoms with Gasteiger partial charge in [0.15, 0.2) is 0 Å². The van der Waals surface area contributed by atoms with Crippen LogP contribution in [0.2, 0.25) is 10.0 Å². The van der Waals surface area contributed by atoms with E-state index in [0.29, 0.717) is 38.5 Å². The first-order valence-electron chi connectivity index (χ1n) is 11.7. The van der Waals surface area contributed by atoms with Gasteiger partial charge in [0, 0.05) is 49.9 Å². The maximum Gasteiger partial charge on any atom is 0.341 e. The molecule has 0 radical (unpaired) electrons. The Hall–Kier alpha value is -2.74. The molecule has 7 nitrogen and oxygen atoms in total. The number of rotatable bonds is 7. The molecule has 9 heteroatoms. The van der Waals surface area contributed by atoms with Gasteiger partial charge in [0.1, 0.15) is 11.3 Å². The van der Waals surface area contributed by atoms with Crippen LogP contribution in [0.4, 0.5) is 17.1 Å². The molecule has 4 rings (SSSR count). The molecule has 0 aliphatic carbocycles. The minimum atomic E-state index is -0.467. The second-order valence-corrected chi connectivity index (χ2v) is 9.44. The summed E-state index contributed by atoms with van der Waals surface area (Å²) in [6.45, 7) is 10.1. The number of carbonyl (C=O) groups is 1. The molecule has 0 amide bonds. The van der Waals surface area contributed by atoms with E-state index in [4.69, 9.17) is 32.7 Å². The number of fused-ring (bicyclic) bond motifs is 1. The lowest BCUT2D eigenvalue weighted by atomic mass is 10.1. The summed E-state index contributed by atoms with van der Waals surface area (Å²) in [6.07, 6.45) is 1.52. The van der Waals surface area contributed by atoms with Gasteiger partial charge in [-0.3, -0.25) is 9.88 Å². The van der Waals surface area contributed by atoms with E-state index in [2.05, 4.69) is 33.9 Å². The molecule has 0 saturated carbocycles. The SMILES string of the molecule is CCOC(=O)c1cnc2cc(OC)c(N3CCN(C(C)C)CC3)cc2c1Nc1cccc(Cl)c1Cl. The van der Waals surface area contributed by atoms with Crippen LogP contribution in [0.15, 0.2) is 36.5 Å². The Kier molecular flexibility index (Phi) is 7.89. The van der Waals surface area contributed by atoms with Gasteiger partial charge in [-0.2, -0.15) is 0 Å². The number of nitrogens with one attached hydrogen (secondary N) is 1. The monoisotopic (exact) mass is 516 g/mol. The van der Waals surface area contributed by atoms with Crippen molar-refractivity contribution in [3.63, 3.8) is 0 Å². The van der Waals surface area contributed by atoms with Crippen molar-refractivity contribution < 1.29 is 14.3 Å². The van der Waals surface area contributed by atoms with Gasteiger partial charge in [-0.1, -0.05) is 29.3 Å². The number of carbonyl (C=O) groups excluding carboxylic acids is 1. The highest BCUT2D eigenvalue weighted by Crippen LogP contribution is 2.40. The molecule has 1 aliphatic rings. The number of anilines is 3. The van der Waals surface area contributed by atoms with Gasteiger partial charge in [0.05, 0.1) is 46.3 Å². The van der Waals surface area contributed by atoms with E-state index in [1.807, 2.05) is 18.2 Å². The maximum atomic E-state index is 12.9. The summed E-state index contributed by atoms with van der Waals surface area (Å²) in [5.41, 5.74) is 3.09. The first-order valence-corrected chi connectivity index (χ1v) is 12.5. The van der Waals surface area contributed by atoms with Gasteiger partial charge in [0.25, 0.3) is 0 Å². The van der Waals surface area contributed by atoms with Crippen LogP contribution in [0.1, 0.15) is 31.1 Å². The Bertz CT molecular complexity index is 1230. The van der Waals surface area contributed by atoms with E-state index in [-0.39, 0.29) is 6.61 Å². The zero-order valence-electron chi connectivity index (χ0n) is 20.4. The Balaban J connectivity index is 1.85. The minimum Gasteiger partial charge on any atom is -0.495 e. The number of esters is 1. The molecule has 3 aromatic rings. The predicted molar refractivity (Wildman–Crippen MR) is 143 cm³/mol. The lowest BCUT2D eigenvalue weighted by Gasteiger charge is -2.38. The van der Waals surface area contributed by atoms with Crippen LogP contribution in [0, 0.1) is 0 Å². The van der Waals surface area contributed by atoms with Gasteiger partial charge in [-0.25, -0.2) is 4.79 Å². The molecular formula is C26H30Cl2N4O3. The highest BCUT2D eigenvalue weighted by atomic mass is 35.5. The fourth-order valence-electron chi connectivity index (χ4n) is 4.33. The third-order valence-electron chi connectivity index (χ3n) is 6.26. The van der Waals surface area contributed by atoms with Crippen molar-refractivity contribution in [1.82, 2.24) is 9.88 Å². The smallest absolute Gasteiger partial charge is 0.341 e. The van der Waals surface area contributed by atoms with Crippen LogP contribution in [0.25, 0.3) is 10.9 Å². The van der Waals surface area contributed by atoms with E-state index in [0.717, 1.165) is 43.0 Å². The largest absolute Gasteiger partial charge is 0.495 e. The number of hydrogen-bond acceptors (Lipinski definition) is 7. The Morgan fingerprint density at radius 2 is 1.91 bits per heavy atom. The average Bonchev–Trinajstić information content (AvgIpc) is 2.86. The molecule has 35 heavy (non-hydrogen) atoms. The molecule has 2 aromatic carbocycles. The first kappa shape index (κ1) is 25.4. The van der Waals surface area contributed by atoms with Crippen molar-refractivity contribution in [2.24, 2.45) is 0 Å². The van der Waals surface area contributed by atoms with E-state index in [1.54, 1.807) is 26.2 Å². The second-order valence-electron chi connectivity index (χ2n) is 8.65. The fraction of sp³-hybridized carbons (Fsp3) is 0.385. The normalized spacial score (nSPS) is 14.4. The lowest BCUT2D eigenvalue weighted by Crippen LogP contribution is -2.49. The molecule has 0 spiro atoms. The molecule has 2 heterocycles. The fourth-order valence-corrected chi connectivity index (χ4v) is 4.68. The summed E-state index contributed by atoms with van der Waals surface area (Å²) in [5, 5.41) is 4.87. The van der Waals surface area contributed by atoms with Crippen molar-refractivity contribution in [2.45, 2.75) is 26.8 Å². The van der Waals surface area contributed by atoms with E-state index < -0.39 is 5.97 Å². The number of methoxy groups -OCH3 is 1. The van der Waals surface area contributed by atoms with Crippen molar-refractivity contribution in [3.8, 4) is 5.75 Å². The van der Waals surface area contributed by atoms with Gasteiger partial charge < -0.3 is 19.7 Å². The van der Waals surface area contributed by atoms with Crippen LogP contribution in [-0.4, -0.2) is 61.8 Å². The summed E-state index contributed by atoms with van der Waals surface area (Å²) in [5.74, 6) is 0.268. The van der Waals surface area contributed by atoms with Gasteiger partial charge in [0.2, 0.25) is 0 Å². The molecule has 1 N–H and O–H groups in total. The Labute approximate surface area is 215 Å². The zero-order chi connectivity index (χ0) is 25.1. The number of ether oxygens (including phenoxy) is 2. The lowest BCUT2D eigenvalue weighted by molar-refractivity contribution is 0.0527. The van der Waals surface area contributed by atoms with Crippen LogP contribution < -0.4 is 15.0 Å². The van der Waals surface area contributed by atoms with Gasteiger partial charge >= 0.3 is 5.97 Å². The first-order chi connectivity index (χ1) is 16.8. The molecule has 1 aliphatic heterocycles. The summed E-state index contributed by atoms with van der Waals surface area (Å²) < 4.78 is 11.1. The van der Waals surface area contributed by atoms with Crippen molar-refractivity contribution in [2.75, 3.05) is 50.1 Å².